The normalized spacial score (nSPS) is 16.9. The van der Waals surface area contributed by atoms with Gasteiger partial charge in [-0.25, -0.2) is 8.78 Å². The highest BCUT2D eigenvalue weighted by molar-refractivity contribution is 5.91. The molecule has 0 aromatic heterocycles. The number of nitrogens with zero attached hydrogens (tertiary/aromatic N) is 1. The van der Waals surface area contributed by atoms with Crippen molar-refractivity contribution in [2.75, 3.05) is 19.7 Å². The van der Waals surface area contributed by atoms with Gasteiger partial charge in [-0.1, -0.05) is 6.07 Å². The molecule has 1 amide bonds. The molecule has 20 heavy (non-hydrogen) atoms. The Labute approximate surface area is 116 Å². The number of likely N-dealkylation sites (tertiary alicyclic amines) is 1. The minimum atomic E-state index is -0.687. The lowest BCUT2D eigenvalue weighted by Crippen LogP contribution is -2.38. The fourth-order valence-electron chi connectivity index (χ4n) is 2.27. The van der Waals surface area contributed by atoms with E-state index in [4.69, 9.17) is 5.11 Å². The first-order valence-electron chi connectivity index (χ1n) is 6.63. The number of aliphatic hydroxyl groups excluding tert-OH is 1. The maximum absolute atomic E-state index is 13.4. The van der Waals surface area contributed by atoms with Crippen molar-refractivity contribution < 1.29 is 18.7 Å². The maximum Gasteiger partial charge on any atom is 0.246 e. The zero-order valence-electron chi connectivity index (χ0n) is 11.1. The Morgan fingerprint density at radius 2 is 1.90 bits per heavy atom. The van der Waals surface area contributed by atoms with Crippen molar-refractivity contribution in [3.8, 4) is 0 Å². The van der Waals surface area contributed by atoms with Crippen LogP contribution in [0, 0.1) is 17.6 Å². The summed E-state index contributed by atoms with van der Waals surface area (Å²) in [5.74, 6) is -1.39. The number of hydrogen-bond donors (Lipinski definition) is 1. The van der Waals surface area contributed by atoms with Crippen LogP contribution in [-0.4, -0.2) is 35.6 Å². The fourth-order valence-corrected chi connectivity index (χ4v) is 2.27. The second-order valence-corrected chi connectivity index (χ2v) is 4.92. The highest BCUT2D eigenvalue weighted by atomic mass is 19.1. The predicted molar refractivity (Wildman–Crippen MR) is 71.8 cm³/mol. The van der Waals surface area contributed by atoms with Gasteiger partial charge < -0.3 is 10.0 Å². The monoisotopic (exact) mass is 281 g/mol. The van der Waals surface area contributed by atoms with E-state index in [2.05, 4.69) is 0 Å². The molecule has 5 heteroatoms. The number of aliphatic hydroxyl groups is 1. The van der Waals surface area contributed by atoms with Crippen LogP contribution in [0.4, 0.5) is 8.78 Å². The number of rotatable bonds is 3. The van der Waals surface area contributed by atoms with Gasteiger partial charge in [0.15, 0.2) is 0 Å². The van der Waals surface area contributed by atoms with Gasteiger partial charge in [0, 0.05) is 31.3 Å². The van der Waals surface area contributed by atoms with Gasteiger partial charge in [0.2, 0.25) is 5.91 Å². The smallest absolute Gasteiger partial charge is 0.246 e. The van der Waals surface area contributed by atoms with Crippen molar-refractivity contribution in [3.05, 3.63) is 41.5 Å². The Hall–Kier alpha value is -1.75. The lowest BCUT2D eigenvalue weighted by Gasteiger charge is -2.30. The number of hydrogen-bond acceptors (Lipinski definition) is 2. The van der Waals surface area contributed by atoms with Crippen molar-refractivity contribution >= 4 is 12.0 Å². The molecular weight excluding hydrogens is 264 g/mol. The molecule has 1 N–H and O–H groups in total. The minimum absolute atomic E-state index is 0.137. The number of carbonyl (C=O) groups excluding carboxylic acids is 1. The molecule has 0 unspecified atom stereocenters. The average Bonchev–Trinajstić information content (AvgIpc) is 2.46. The molecule has 3 nitrogen and oxygen atoms in total. The summed E-state index contributed by atoms with van der Waals surface area (Å²) in [6, 6.07) is 3.59. The van der Waals surface area contributed by atoms with Gasteiger partial charge in [-0.15, -0.1) is 0 Å². The predicted octanol–water partition coefficient (Wildman–Crippen LogP) is 2.21. The van der Waals surface area contributed by atoms with E-state index >= 15 is 0 Å². The molecule has 0 aliphatic carbocycles. The number of amides is 1. The van der Waals surface area contributed by atoms with Gasteiger partial charge >= 0.3 is 0 Å². The Balaban J connectivity index is 2.00. The molecule has 1 aliphatic rings. The SMILES string of the molecule is O=C(/C=C/c1c(F)cccc1F)N1CCC(CO)CC1. The van der Waals surface area contributed by atoms with Crippen LogP contribution in [0.2, 0.25) is 0 Å². The molecule has 1 aromatic carbocycles. The molecule has 0 atom stereocenters. The van der Waals surface area contributed by atoms with Gasteiger partial charge in [-0.3, -0.25) is 4.79 Å². The number of piperidine rings is 1. The van der Waals surface area contributed by atoms with Crippen LogP contribution < -0.4 is 0 Å². The van der Waals surface area contributed by atoms with Crippen molar-refractivity contribution in [1.82, 2.24) is 4.90 Å². The van der Waals surface area contributed by atoms with E-state index in [-0.39, 0.29) is 24.0 Å². The van der Waals surface area contributed by atoms with Crippen molar-refractivity contribution in [2.45, 2.75) is 12.8 Å². The Morgan fingerprint density at radius 3 is 2.45 bits per heavy atom. The molecular formula is C15H17F2NO2. The molecule has 0 radical (unpaired) electrons. The molecule has 1 aromatic rings. The second kappa shape index (κ2) is 6.61. The van der Waals surface area contributed by atoms with E-state index in [0.717, 1.165) is 25.0 Å². The highest BCUT2D eigenvalue weighted by Gasteiger charge is 2.20. The molecule has 0 saturated carbocycles. The van der Waals surface area contributed by atoms with E-state index < -0.39 is 11.6 Å². The fraction of sp³-hybridized carbons (Fsp3) is 0.400. The third kappa shape index (κ3) is 3.42. The first kappa shape index (κ1) is 14.7. The van der Waals surface area contributed by atoms with Crippen LogP contribution in [0.1, 0.15) is 18.4 Å². The quantitative estimate of drug-likeness (QED) is 0.863. The zero-order chi connectivity index (χ0) is 14.5. The third-order valence-electron chi connectivity index (χ3n) is 3.58. The standard InChI is InChI=1S/C15H17F2NO2/c16-13-2-1-3-14(17)12(13)4-5-15(20)18-8-6-11(10-19)7-9-18/h1-5,11,19H,6-10H2/b5-4+. The highest BCUT2D eigenvalue weighted by Crippen LogP contribution is 2.18. The Morgan fingerprint density at radius 1 is 1.30 bits per heavy atom. The van der Waals surface area contributed by atoms with Gasteiger partial charge in [0.05, 0.1) is 0 Å². The molecule has 2 rings (SSSR count). The molecule has 0 spiro atoms. The van der Waals surface area contributed by atoms with Crippen molar-refractivity contribution in [1.29, 1.82) is 0 Å². The van der Waals surface area contributed by atoms with E-state index in [1.54, 1.807) is 4.90 Å². The summed E-state index contributed by atoms with van der Waals surface area (Å²) in [7, 11) is 0. The van der Waals surface area contributed by atoms with Crippen LogP contribution >= 0.6 is 0 Å². The van der Waals surface area contributed by atoms with Gasteiger partial charge in [0.1, 0.15) is 11.6 Å². The van der Waals surface area contributed by atoms with Gasteiger partial charge in [0.25, 0.3) is 0 Å². The first-order valence-corrected chi connectivity index (χ1v) is 6.63. The lowest BCUT2D eigenvalue weighted by atomic mass is 9.98. The lowest BCUT2D eigenvalue weighted by molar-refractivity contribution is -0.127. The van der Waals surface area contributed by atoms with Gasteiger partial charge in [-0.2, -0.15) is 0 Å². The first-order chi connectivity index (χ1) is 9.61. The van der Waals surface area contributed by atoms with E-state index in [9.17, 15) is 13.6 Å². The summed E-state index contributed by atoms with van der Waals surface area (Å²) in [6.07, 6.45) is 3.88. The van der Waals surface area contributed by atoms with Crippen LogP contribution in [0.25, 0.3) is 6.08 Å². The third-order valence-corrected chi connectivity index (χ3v) is 3.58. The van der Waals surface area contributed by atoms with Gasteiger partial charge in [-0.05, 0) is 37.0 Å². The molecule has 1 aliphatic heterocycles. The molecule has 1 fully saturated rings. The summed E-state index contributed by atoms with van der Waals surface area (Å²) in [4.78, 5) is 13.5. The number of carbonyl (C=O) groups is 1. The van der Waals surface area contributed by atoms with Crippen LogP contribution in [0.3, 0.4) is 0 Å². The number of halogens is 2. The van der Waals surface area contributed by atoms with E-state index in [1.165, 1.54) is 18.2 Å². The average molecular weight is 281 g/mol. The maximum atomic E-state index is 13.4. The summed E-state index contributed by atoms with van der Waals surface area (Å²) in [5, 5.41) is 9.03. The zero-order valence-corrected chi connectivity index (χ0v) is 11.1. The largest absolute Gasteiger partial charge is 0.396 e. The number of benzene rings is 1. The summed E-state index contributed by atoms with van der Waals surface area (Å²) in [6.45, 7) is 1.26. The van der Waals surface area contributed by atoms with Crippen molar-refractivity contribution in [2.24, 2.45) is 5.92 Å². The molecule has 0 bridgehead atoms. The van der Waals surface area contributed by atoms with Crippen LogP contribution in [0.5, 0.6) is 0 Å². The van der Waals surface area contributed by atoms with Crippen LogP contribution in [-0.2, 0) is 4.79 Å². The molecule has 108 valence electrons. The minimum Gasteiger partial charge on any atom is -0.396 e. The molecule has 1 heterocycles. The van der Waals surface area contributed by atoms with Crippen LogP contribution in [0.15, 0.2) is 24.3 Å². The topological polar surface area (TPSA) is 40.5 Å². The van der Waals surface area contributed by atoms with E-state index in [0.29, 0.717) is 13.1 Å². The Bertz CT molecular complexity index is 488. The second-order valence-electron chi connectivity index (χ2n) is 4.92. The molecule has 1 saturated heterocycles. The summed E-state index contributed by atoms with van der Waals surface area (Å²) in [5.41, 5.74) is -0.203. The summed E-state index contributed by atoms with van der Waals surface area (Å²) < 4.78 is 26.8. The summed E-state index contributed by atoms with van der Waals surface area (Å²) >= 11 is 0. The van der Waals surface area contributed by atoms with E-state index in [1.807, 2.05) is 0 Å². The Kier molecular flexibility index (Phi) is 4.84. The van der Waals surface area contributed by atoms with Crippen molar-refractivity contribution in [3.63, 3.8) is 0 Å².